The Bertz CT molecular complexity index is 304. The quantitative estimate of drug-likeness (QED) is 0.251. The number of nitrogens with one attached hydrogen (secondary N) is 2. The van der Waals surface area contributed by atoms with Crippen molar-refractivity contribution >= 4 is 11.9 Å². The van der Waals surface area contributed by atoms with Gasteiger partial charge in [0.2, 0.25) is 0 Å². The Labute approximate surface area is 136 Å². The van der Waals surface area contributed by atoms with Gasteiger partial charge in [-0.05, 0) is 25.2 Å². The molecule has 0 saturated carbocycles. The van der Waals surface area contributed by atoms with E-state index in [1.807, 2.05) is 0 Å². The van der Waals surface area contributed by atoms with E-state index in [4.69, 9.17) is 0 Å². The standard InChI is InChI=1S/C17H35N3O2/c1-15(2)11-7-5-6-9-13-19-17(18-3)20-14-10-8-12-16(21)22-4/h15H,5-14H2,1-4H3,(H2,18,19,20). The van der Waals surface area contributed by atoms with E-state index >= 15 is 0 Å². The summed E-state index contributed by atoms with van der Waals surface area (Å²) in [4.78, 5) is 15.2. The van der Waals surface area contributed by atoms with Gasteiger partial charge in [-0.1, -0.05) is 39.5 Å². The Morgan fingerprint density at radius 2 is 1.59 bits per heavy atom. The van der Waals surface area contributed by atoms with Crippen LogP contribution >= 0.6 is 0 Å². The first-order valence-electron chi connectivity index (χ1n) is 8.61. The summed E-state index contributed by atoms with van der Waals surface area (Å²) in [7, 11) is 3.21. The largest absolute Gasteiger partial charge is 0.469 e. The van der Waals surface area contributed by atoms with Crippen molar-refractivity contribution in [3.8, 4) is 0 Å². The molecule has 0 unspecified atom stereocenters. The summed E-state index contributed by atoms with van der Waals surface area (Å²) in [5.74, 6) is 1.53. The van der Waals surface area contributed by atoms with Crippen molar-refractivity contribution in [1.82, 2.24) is 10.6 Å². The van der Waals surface area contributed by atoms with Gasteiger partial charge in [0.05, 0.1) is 7.11 Å². The monoisotopic (exact) mass is 313 g/mol. The lowest BCUT2D eigenvalue weighted by Gasteiger charge is -2.11. The molecule has 0 aliphatic heterocycles. The molecule has 0 heterocycles. The zero-order valence-electron chi connectivity index (χ0n) is 14.9. The van der Waals surface area contributed by atoms with Crippen LogP contribution in [0.2, 0.25) is 0 Å². The van der Waals surface area contributed by atoms with Crippen LogP contribution < -0.4 is 10.6 Å². The summed E-state index contributed by atoms with van der Waals surface area (Å²) < 4.78 is 4.61. The van der Waals surface area contributed by atoms with E-state index in [1.54, 1.807) is 7.05 Å². The van der Waals surface area contributed by atoms with Crippen LogP contribution in [-0.4, -0.2) is 39.2 Å². The molecule has 0 aliphatic rings. The summed E-state index contributed by atoms with van der Waals surface area (Å²) in [6, 6.07) is 0. The van der Waals surface area contributed by atoms with Crippen molar-refractivity contribution < 1.29 is 9.53 Å². The Kier molecular flexibility index (Phi) is 13.8. The average Bonchev–Trinajstić information content (AvgIpc) is 2.50. The molecule has 0 rings (SSSR count). The third-order valence-corrected chi connectivity index (χ3v) is 3.55. The van der Waals surface area contributed by atoms with Gasteiger partial charge in [0.15, 0.2) is 5.96 Å². The number of unbranched alkanes of at least 4 members (excludes halogenated alkanes) is 4. The molecular weight excluding hydrogens is 278 g/mol. The zero-order valence-corrected chi connectivity index (χ0v) is 14.9. The molecule has 0 bridgehead atoms. The van der Waals surface area contributed by atoms with Gasteiger partial charge in [0.25, 0.3) is 0 Å². The second-order valence-corrected chi connectivity index (χ2v) is 6.06. The van der Waals surface area contributed by atoms with Crippen molar-refractivity contribution in [2.45, 2.75) is 65.2 Å². The van der Waals surface area contributed by atoms with E-state index in [0.717, 1.165) is 37.8 Å². The minimum Gasteiger partial charge on any atom is -0.469 e. The van der Waals surface area contributed by atoms with Gasteiger partial charge >= 0.3 is 5.97 Å². The van der Waals surface area contributed by atoms with E-state index in [1.165, 1.54) is 39.2 Å². The Hall–Kier alpha value is -1.26. The number of guanidine groups is 1. The van der Waals surface area contributed by atoms with Crippen LogP contribution in [0, 0.1) is 5.92 Å². The summed E-state index contributed by atoms with van der Waals surface area (Å²) in [5, 5.41) is 6.59. The maximum atomic E-state index is 11.0. The van der Waals surface area contributed by atoms with E-state index in [0.29, 0.717) is 6.42 Å². The number of ether oxygens (including phenoxy) is 1. The Balaban J connectivity index is 3.46. The molecule has 130 valence electrons. The zero-order chi connectivity index (χ0) is 16.6. The van der Waals surface area contributed by atoms with E-state index in [9.17, 15) is 4.79 Å². The number of aliphatic imine (C=N–C) groups is 1. The molecule has 0 saturated heterocycles. The molecule has 0 aromatic heterocycles. The molecule has 0 spiro atoms. The maximum Gasteiger partial charge on any atom is 0.305 e. The van der Waals surface area contributed by atoms with Crippen molar-refractivity contribution in [2.24, 2.45) is 10.9 Å². The molecule has 0 fully saturated rings. The molecule has 0 aromatic carbocycles. The fourth-order valence-electron chi connectivity index (χ4n) is 2.16. The number of methoxy groups -OCH3 is 1. The van der Waals surface area contributed by atoms with Gasteiger partial charge in [-0.3, -0.25) is 9.79 Å². The molecule has 22 heavy (non-hydrogen) atoms. The van der Waals surface area contributed by atoms with Gasteiger partial charge in [-0.2, -0.15) is 0 Å². The first-order valence-corrected chi connectivity index (χ1v) is 8.61. The van der Waals surface area contributed by atoms with Crippen LogP contribution in [0.4, 0.5) is 0 Å². The molecule has 0 radical (unpaired) electrons. The van der Waals surface area contributed by atoms with E-state index in [-0.39, 0.29) is 5.97 Å². The van der Waals surface area contributed by atoms with Crippen molar-refractivity contribution in [1.29, 1.82) is 0 Å². The summed E-state index contributed by atoms with van der Waals surface area (Å²) in [5.41, 5.74) is 0. The number of nitrogens with zero attached hydrogens (tertiary/aromatic N) is 1. The summed E-state index contributed by atoms with van der Waals surface area (Å²) in [6.45, 7) is 6.35. The fraction of sp³-hybridized carbons (Fsp3) is 0.882. The number of hydrogen-bond acceptors (Lipinski definition) is 3. The normalized spacial score (nSPS) is 11.6. The topological polar surface area (TPSA) is 62.7 Å². The summed E-state index contributed by atoms with van der Waals surface area (Å²) in [6.07, 6.45) is 8.71. The minimum absolute atomic E-state index is 0.139. The number of rotatable bonds is 12. The molecule has 0 aromatic rings. The highest BCUT2D eigenvalue weighted by atomic mass is 16.5. The number of carbonyl (C=O) groups is 1. The van der Waals surface area contributed by atoms with Crippen molar-refractivity contribution in [3.63, 3.8) is 0 Å². The maximum absolute atomic E-state index is 11.0. The molecule has 2 N–H and O–H groups in total. The average molecular weight is 313 g/mol. The van der Waals surface area contributed by atoms with Crippen LogP contribution in [-0.2, 0) is 9.53 Å². The van der Waals surface area contributed by atoms with Crippen LogP contribution in [0.15, 0.2) is 4.99 Å². The number of esters is 1. The van der Waals surface area contributed by atoms with Gasteiger partial charge in [0.1, 0.15) is 0 Å². The summed E-state index contributed by atoms with van der Waals surface area (Å²) >= 11 is 0. The predicted molar refractivity (Wildman–Crippen MR) is 93.2 cm³/mol. The van der Waals surface area contributed by atoms with E-state index < -0.39 is 0 Å². The number of hydrogen-bond donors (Lipinski definition) is 2. The molecular formula is C17H35N3O2. The third-order valence-electron chi connectivity index (χ3n) is 3.55. The van der Waals surface area contributed by atoms with Gasteiger partial charge in [-0.15, -0.1) is 0 Å². The number of carbonyl (C=O) groups excluding carboxylic acids is 1. The first kappa shape index (κ1) is 20.7. The third kappa shape index (κ3) is 13.7. The highest BCUT2D eigenvalue weighted by Gasteiger charge is 2.00. The lowest BCUT2D eigenvalue weighted by Crippen LogP contribution is -2.38. The lowest BCUT2D eigenvalue weighted by atomic mass is 10.0. The SMILES string of the molecule is CN=C(NCCCCCCC(C)C)NCCCCC(=O)OC. The fourth-order valence-corrected chi connectivity index (χ4v) is 2.16. The van der Waals surface area contributed by atoms with Crippen LogP contribution in [0.5, 0.6) is 0 Å². The molecule has 5 nitrogen and oxygen atoms in total. The highest BCUT2D eigenvalue weighted by Crippen LogP contribution is 2.08. The Morgan fingerprint density at radius 1 is 1.00 bits per heavy atom. The van der Waals surface area contributed by atoms with Crippen molar-refractivity contribution in [2.75, 3.05) is 27.2 Å². The first-order chi connectivity index (χ1) is 10.6. The highest BCUT2D eigenvalue weighted by molar-refractivity contribution is 5.79. The Morgan fingerprint density at radius 3 is 2.14 bits per heavy atom. The minimum atomic E-state index is -0.139. The molecule has 0 aliphatic carbocycles. The molecule has 0 atom stereocenters. The van der Waals surface area contributed by atoms with E-state index in [2.05, 4.69) is 34.2 Å². The predicted octanol–water partition coefficient (Wildman–Crippen LogP) is 3.10. The second-order valence-electron chi connectivity index (χ2n) is 6.06. The smallest absolute Gasteiger partial charge is 0.305 e. The van der Waals surface area contributed by atoms with Crippen molar-refractivity contribution in [3.05, 3.63) is 0 Å². The van der Waals surface area contributed by atoms with Crippen LogP contribution in [0.3, 0.4) is 0 Å². The lowest BCUT2D eigenvalue weighted by molar-refractivity contribution is -0.140. The van der Waals surface area contributed by atoms with Crippen LogP contribution in [0.25, 0.3) is 0 Å². The van der Waals surface area contributed by atoms with Gasteiger partial charge in [-0.25, -0.2) is 0 Å². The van der Waals surface area contributed by atoms with Gasteiger partial charge < -0.3 is 15.4 Å². The molecule has 0 amide bonds. The van der Waals surface area contributed by atoms with Gasteiger partial charge in [0, 0.05) is 26.6 Å². The second kappa shape index (κ2) is 14.7. The molecule has 5 heteroatoms. The van der Waals surface area contributed by atoms with Crippen LogP contribution in [0.1, 0.15) is 65.2 Å².